The molecule has 4 N–H and O–H groups in total. The summed E-state index contributed by atoms with van der Waals surface area (Å²) in [5.41, 5.74) is 0. The molecule has 0 aliphatic rings. The Hall–Kier alpha value is -0.630. The van der Waals surface area contributed by atoms with E-state index < -0.39 is 30.3 Å². The first-order valence-corrected chi connectivity index (χ1v) is 9.69. The van der Waals surface area contributed by atoms with Gasteiger partial charge in [0.1, 0.15) is 0 Å². The normalized spacial score (nSPS) is 11.0. The van der Waals surface area contributed by atoms with Gasteiger partial charge in [0.2, 0.25) is 5.91 Å². The Labute approximate surface area is 185 Å². The molecule has 1 atom stereocenters. The van der Waals surface area contributed by atoms with E-state index in [9.17, 15) is 19.5 Å². The molecular formula is C19H36NNaO6. The summed E-state index contributed by atoms with van der Waals surface area (Å²) in [6, 6.07) is -1.46. The van der Waals surface area contributed by atoms with Crippen molar-refractivity contribution in [1.29, 1.82) is 0 Å². The average Bonchev–Trinajstić information content (AvgIpc) is 2.54. The van der Waals surface area contributed by atoms with Crippen LogP contribution in [-0.2, 0) is 14.4 Å². The van der Waals surface area contributed by atoms with Crippen molar-refractivity contribution in [3.63, 3.8) is 0 Å². The van der Waals surface area contributed by atoms with Gasteiger partial charge in [-0.05, 0) is 6.42 Å². The summed E-state index contributed by atoms with van der Waals surface area (Å²) in [5, 5.41) is 21.6. The third-order valence-corrected chi connectivity index (χ3v) is 4.26. The van der Waals surface area contributed by atoms with E-state index in [4.69, 9.17) is 5.11 Å². The van der Waals surface area contributed by atoms with E-state index in [0.29, 0.717) is 6.42 Å². The minimum Gasteiger partial charge on any atom is -0.548 e. The molecule has 0 aliphatic carbocycles. The van der Waals surface area contributed by atoms with E-state index in [1.54, 1.807) is 0 Å². The smallest absolute Gasteiger partial charge is 0.548 e. The van der Waals surface area contributed by atoms with Crippen LogP contribution in [0.25, 0.3) is 0 Å². The molecule has 1 amide bonds. The number of carboxylic acid groups (broad SMARTS) is 2. The van der Waals surface area contributed by atoms with Crippen LogP contribution in [0.5, 0.6) is 0 Å². The minimum atomic E-state index is -1.56. The average molecular weight is 397 g/mol. The van der Waals surface area contributed by atoms with Crippen LogP contribution in [0.4, 0.5) is 0 Å². The van der Waals surface area contributed by atoms with E-state index in [1.165, 1.54) is 51.4 Å². The largest absolute Gasteiger partial charge is 1.00 e. The third-order valence-electron chi connectivity index (χ3n) is 4.26. The van der Waals surface area contributed by atoms with Crippen molar-refractivity contribution in [1.82, 2.24) is 5.32 Å². The molecule has 0 fully saturated rings. The first-order valence-electron chi connectivity index (χ1n) is 9.69. The molecule has 0 saturated heterocycles. The summed E-state index contributed by atoms with van der Waals surface area (Å²) in [6.07, 6.45) is 13.9. The summed E-state index contributed by atoms with van der Waals surface area (Å²) in [7, 11) is 0. The van der Waals surface area contributed by atoms with E-state index in [-0.39, 0.29) is 41.5 Å². The van der Waals surface area contributed by atoms with E-state index >= 15 is 0 Å². The molecule has 0 unspecified atom stereocenters. The van der Waals surface area contributed by atoms with Crippen molar-refractivity contribution in [2.24, 2.45) is 0 Å². The van der Waals surface area contributed by atoms with Crippen molar-refractivity contribution in [2.45, 2.75) is 103 Å². The van der Waals surface area contributed by atoms with Gasteiger partial charge in [-0.15, -0.1) is 0 Å². The van der Waals surface area contributed by atoms with Gasteiger partial charge in [0.15, 0.2) is 0 Å². The van der Waals surface area contributed by atoms with Crippen molar-refractivity contribution in [2.75, 3.05) is 0 Å². The summed E-state index contributed by atoms with van der Waals surface area (Å²) in [6.45, 7) is 2.22. The number of rotatable bonds is 17. The predicted octanol–water partition coefficient (Wildman–Crippen LogP) is -1.03. The SMILES string of the molecule is CCCCCCCCCCCCCCC(=O)N[C@@H](CC(=O)O)C(=O)[O-].O.[Na+]. The number of carbonyl (C=O) groups excluding carboxylic acids is 2. The molecule has 0 aliphatic heterocycles. The maximum absolute atomic E-state index is 11.6. The van der Waals surface area contributed by atoms with E-state index in [0.717, 1.165) is 19.3 Å². The Morgan fingerprint density at radius 3 is 1.63 bits per heavy atom. The molecule has 0 bridgehead atoms. The van der Waals surface area contributed by atoms with Gasteiger partial charge in [-0.3, -0.25) is 9.59 Å². The number of unbranched alkanes of at least 4 members (excludes halogenated alkanes) is 11. The van der Waals surface area contributed by atoms with Crippen LogP contribution in [0.2, 0.25) is 0 Å². The van der Waals surface area contributed by atoms with Gasteiger partial charge >= 0.3 is 35.5 Å². The molecule has 0 rings (SSSR count). The van der Waals surface area contributed by atoms with Gasteiger partial charge in [0, 0.05) is 6.42 Å². The number of hydrogen-bond acceptors (Lipinski definition) is 4. The Bertz CT molecular complexity index is 392. The molecule has 7 nitrogen and oxygen atoms in total. The Balaban J connectivity index is -0.00000288. The zero-order chi connectivity index (χ0) is 18.9. The maximum Gasteiger partial charge on any atom is 1.00 e. The van der Waals surface area contributed by atoms with Gasteiger partial charge in [-0.2, -0.15) is 0 Å². The van der Waals surface area contributed by atoms with Crippen LogP contribution in [0.15, 0.2) is 0 Å². The van der Waals surface area contributed by atoms with Gasteiger partial charge in [-0.25, -0.2) is 0 Å². The second-order valence-electron chi connectivity index (χ2n) is 6.68. The molecular weight excluding hydrogens is 361 g/mol. The summed E-state index contributed by atoms with van der Waals surface area (Å²) >= 11 is 0. The molecule has 154 valence electrons. The van der Waals surface area contributed by atoms with Crippen molar-refractivity contribution in [3.8, 4) is 0 Å². The zero-order valence-electron chi connectivity index (χ0n) is 17.1. The minimum absolute atomic E-state index is 0. The molecule has 0 aromatic carbocycles. The number of nitrogens with one attached hydrogen (secondary N) is 1. The fraction of sp³-hybridized carbons (Fsp3) is 0.842. The second kappa shape index (κ2) is 21.7. The Kier molecular flexibility index (Phi) is 24.9. The first kappa shape index (κ1) is 31.1. The number of aliphatic carboxylic acids is 2. The number of carbonyl (C=O) groups is 3. The molecule has 0 spiro atoms. The van der Waals surface area contributed by atoms with Crippen molar-refractivity contribution in [3.05, 3.63) is 0 Å². The second-order valence-corrected chi connectivity index (χ2v) is 6.68. The molecule has 0 radical (unpaired) electrons. The Morgan fingerprint density at radius 1 is 0.852 bits per heavy atom. The maximum atomic E-state index is 11.6. The fourth-order valence-electron chi connectivity index (χ4n) is 2.76. The summed E-state index contributed by atoms with van der Waals surface area (Å²) < 4.78 is 0. The van der Waals surface area contributed by atoms with Gasteiger partial charge in [-0.1, -0.05) is 77.6 Å². The van der Waals surface area contributed by atoms with Crippen LogP contribution in [0.1, 0.15) is 96.8 Å². The zero-order valence-corrected chi connectivity index (χ0v) is 19.1. The van der Waals surface area contributed by atoms with E-state index in [1.807, 2.05) is 0 Å². The summed E-state index contributed by atoms with van der Waals surface area (Å²) in [5.74, 6) is -3.27. The van der Waals surface area contributed by atoms with E-state index in [2.05, 4.69) is 12.2 Å². The fourth-order valence-corrected chi connectivity index (χ4v) is 2.76. The van der Waals surface area contributed by atoms with Crippen LogP contribution in [-0.4, -0.2) is 34.5 Å². The monoisotopic (exact) mass is 397 g/mol. The number of hydrogen-bond donors (Lipinski definition) is 2. The Morgan fingerprint density at radius 2 is 1.26 bits per heavy atom. The van der Waals surface area contributed by atoms with Gasteiger partial charge in [0.05, 0.1) is 18.4 Å². The predicted molar refractivity (Wildman–Crippen MR) is 98.5 cm³/mol. The van der Waals surface area contributed by atoms with Crippen LogP contribution < -0.4 is 40.0 Å². The molecule has 0 aromatic rings. The van der Waals surface area contributed by atoms with Crippen LogP contribution >= 0.6 is 0 Å². The molecule has 0 aromatic heterocycles. The molecule has 0 saturated carbocycles. The van der Waals surface area contributed by atoms with Crippen LogP contribution in [0.3, 0.4) is 0 Å². The number of carboxylic acids is 2. The van der Waals surface area contributed by atoms with Gasteiger partial charge < -0.3 is 25.8 Å². The molecule has 27 heavy (non-hydrogen) atoms. The molecule has 0 heterocycles. The topological polar surface area (TPSA) is 138 Å². The van der Waals surface area contributed by atoms with Gasteiger partial charge in [0.25, 0.3) is 0 Å². The van der Waals surface area contributed by atoms with Crippen molar-refractivity contribution >= 4 is 17.8 Å². The standard InChI is InChI=1S/C19H35NO5.Na.H2O/c1-2-3-4-5-6-7-8-9-10-11-12-13-14-17(21)20-16(19(24)25)15-18(22)23;;/h16H,2-15H2,1H3,(H,20,21)(H,22,23)(H,24,25);;1H2/q;+1;/p-1/t16-;;/m0../s1. The molecule has 8 heteroatoms. The number of amides is 1. The summed E-state index contributed by atoms with van der Waals surface area (Å²) in [4.78, 5) is 32.9. The van der Waals surface area contributed by atoms with Crippen molar-refractivity contribution < 1.29 is 59.6 Å². The third kappa shape index (κ3) is 21.5. The quantitative estimate of drug-likeness (QED) is 0.239. The first-order chi connectivity index (χ1) is 12.0. The van der Waals surface area contributed by atoms with Crippen LogP contribution in [0, 0.1) is 0 Å².